The minimum absolute atomic E-state index is 1.02. The summed E-state index contributed by atoms with van der Waals surface area (Å²) in [6, 6.07) is 0. The molecule has 0 radical (unpaired) electrons. The molecule has 0 fully saturated rings. The van der Waals surface area contributed by atoms with Crippen LogP contribution in [0, 0.1) is 0 Å². The first-order valence-electron chi connectivity index (χ1n) is 6.36. The van der Waals surface area contributed by atoms with Gasteiger partial charge in [-0.25, -0.2) is 0 Å². The summed E-state index contributed by atoms with van der Waals surface area (Å²) in [6.07, 6.45) is 18.8. The van der Waals surface area contributed by atoms with Crippen LogP contribution in [0.15, 0.2) is 24.5 Å². The molecule has 1 heteroatoms. The Balaban J connectivity index is 3.01. The van der Waals surface area contributed by atoms with E-state index in [-0.39, 0.29) is 0 Å². The summed E-state index contributed by atoms with van der Waals surface area (Å²) in [4.78, 5) is 0. The smallest absolute Gasteiger partial charge is 0.0751 e. The molecule has 0 heterocycles. The number of allylic oxidation sites excluding steroid dienone is 3. The van der Waals surface area contributed by atoms with E-state index < -0.39 is 0 Å². The number of rotatable bonds is 10. The van der Waals surface area contributed by atoms with Crippen molar-refractivity contribution in [3.05, 3.63) is 24.5 Å². The van der Waals surface area contributed by atoms with Crippen LogP contribution < -0.4 is 0 Å². The van der Waals surface area contributed by atoms with E-state index in [1.165, 1.54) is 51.4 Å². The Morgan fingerprint density at radius 3 is 1.80 bits per heavy atom. The predicted octanol–water partition coefficient (Wildman–Crippen LogP) is 5.15. The average Bonchev–Trinajstić information content (AvgIpc) is 2.26. The van der Waals surface area contributed by atoms with E-state index in [1.807, 2.05) is 6.08 Å². The molecule has 0 aliphatic rings. The Morgan fingerprint density at radius 2 is 1.27 bits per heavy atom. The zero-order chi connectivity index (χ0) is 11.2. The van der Waals surface area contributed by atoms with Crippen LogP contribution in [0.2, 0.25) is 0 Å². The van der Waals surface area contributed by atoms with Gasteiger partial charge in [0.15, 0.2) is 0 Å². The molecule has 0 atom stereocenters. The number of aliphatic hydroxyl groups is 1. The first-order valence-corrected chi connectivity index (χ1v) is 6.36. The summed E-state index contributed by atoms with van der Waals surface area (Å²) in [6.45, 7) is 2.23. The molecule has 0 aliphatic heterocycles. The second kappa shape index (κ2) is 13.3. The lowest BCUT2D eigenvalue weighted by atomic mass is 10.1. The van der Waals surface area contributed by atoms with Crippen molar-refractivity contribution in [2.45, 2.75) is 64.7 Å². The lowest BCUT2D eigenvalue weighted by molar-refractivity contribution is 0.469. The second-order valence-electron chi connectivity index (χ2n) is 3.99. The molecule has 0 rings (SSSR count). The molecular weight excluding hydrogens is 184 g/mol. The van der Waals surface area contributed by atoms with Gasteiger partial charge in [0, 0.05) is 0 Å². The molecule has 1 N–H and O–H groups in total. The molecule has 0 bridgehead atoms. The highest BCUT2D eigenvalue weighted by atomic mass is 16.2. The number of hydrogen-bond acceptors (Lipinski definition) is 1. The fraction of sp³-hybridized carbons (Fsp3) is 0.714. The number of aliphatic hydroxyl groups excluding tert-OH is 1. The van der Waals surface area contributed by atoms with Gasteiger partial charge in [-0.2, -0.15) is 0 Å². The largest absolute Gasteiger partial charge is 0.516 e. The molecule has 0 unspecified atom stereocenters. The van der Waals surface area contributed by atoms with Crippen molar-refractivity contribution in [1.82, 2.24) is 0 Å². The molecule has 88 valence electrons. The monoisotopic (exact) mass is 210 g/mol. The molecule has 0 saturated carbocycles. The van der Waals surface area contributed by atoms with Crippen molar-refractivity contribution in [1.29, 1.82) is 0 Å². The third kappa shape index (κ3) is 13.3. The first-order chi connectivity index (χ1) is 7.41. The zero-order valence-electron chi connectivity index (χ0n) is 10.1. The van der Waals surface area contributed by atoms with Gasteiger partial charge in [0.1, 0.15) is 0 Å². The molecule has 0 aromatic heterocycles. The van der Waals surface area contributed by atoms with Crippen LogP contribution in [-0.2, 0) is 0 Å². The van der Waals surface area contributed by atoms with E-state index in [1.54, 1.807) is 0 Å². The maximum absolute atomic E-state index is 8.42. The Labute approximate surface area is 94.9 Å². The van der Waals surface area contributed by atoms with Gasteiger partial charge >= 0.3 is 0 Å². The van der Waals surface area contributed by atoms with Gasteiger partial charge in [-0.3, -0.25) is 0 Å². The van der Waals surface area contributed by atoms with Crippen molar-refractivity contribution in [2.24, 2.45) is 0 Å². The SMILES string of the molecule is CCCCC=CCCCCCC/C=C/O. The van der Waals surface area contributed by atoms with Crippen molar-refractivity contribution >= 4 is 0 Å². The van der Waals surface area contributed by atoms with Gasteiger partial charge in [-0.15, -0.1) is 0 Å². The molecule has 1 nitrogen and oxygen atoms in total. The highest BCUT2D eigenvalue weighted by molar-refractivity contribution is 4.81. The minimum Gasteiger partial charge on any atom is -0.516 e. The number of unbranched alkanes of at least 4 members (excludes halogenated alkanes) is 7. The van der Waals surface area contributed by atoms with Gasteiger partial charge in [0.05, 0.1) is 6.26 Å². The van der Waals surface area contributed by atoms with Crippen molar-refractivity contribution in [3.8, 4) is 0 Å². The van der Waals surface area contributed by atoms with Crippen LogP contribution in [0.25, 0.3) is 0 Å². The Morgan fingerprint density at radius 1 is 0.733 bits per heavy atom. The van der Waals surface area contributed by atoms with Crippen molar-refractivity contribution in [2.75, 3.05) is 0 Å². The maximum atomic E-state index is 8.42. The maximum Gasteiger partial charge on any atom is 0.0751 e. The summed E-state index contributed by atoms with van der Waals surface area (Å²) in [5, 5.41) is 8.42. The van der Waals surface area contributed by atoms with E-state index >= 15 is 0 Å². The Kier molecular flexibility index (Phi) is 12.6. The standard InChI is InChI=1S/C14H26O/c1-2-3-4-5-6-7-8-9-10-11-12-13-14-15/h5-6,13-15H,2-4,7-12H2,1H3/b6-5?,14-13+. The third-order valence-corrected chi connectivity index (χ3v) is 2.49. The molecule has 15 heavy (non-hydrogen) atoms. The highest BCUT2D eigenvalue weighted by Gasteiger charge is 1.87. The average molecular weight is 210 g/mol. The normalized spacial score (nSPS) is 11.8. The van der Waals surface area contributed by atoms with Crippen molar-refractivity contribution < 1.29 is 5.11 Å². The second-order valence-corrected chi connectivity index (χ2v) is 3.99. The summed E-state index contributed by atoms with van der Waals surface area (Å²) in [7, 11) is 0. The van der Waals surface area contributed by atoms with E-state index in [2.05, 4.69) is 19.1 Å². The minimum atomic E-state index is 1.02. The summed E-state index contributed by atoms with van der Waals surface area (Å²) >= 11 is 0. The Bertz CT molecular complexity index is 159. The fourth-order valence-electron chi connectivity index (χ4n) is 1.51. The molecule has 0 saturated heterocycles. The van der Waals surface area contributed by atoms with Crippen LogP contribution >= 0.6 is 0 Å². The summed E-state index contributed by atoms with van der Waals surface area (Å²) in [5.41, 5.74) is 0. The zero-order valence-corrected chi connectivity index (χ0v) is 10.1. The molecule has 0 spiro atoms. The third-order valence-electron chi connectivity index (χ3n) is 2.49. The molecule has 0 aromatic rings. The molecule has 0 aliphatic carbocycles. The molecule has 0 aromatic carbocycles. The number of hydrogen-bond donors (Lipinski definition) is 1. The van der Waals surface area contributed by atoms with Crippen LogP contribution in [-0.4, -0.2) is 5.11 Å². The fourth-order valence-corrected chi connectivity index (χ4v) is 1.51. The topological polar surface area (TPSA) is 20.2 Å². The van der Waals surface area contributed by atoms with E-state index in [0.717, 1.165) is 12.7 Å². The lowest BCUT2D eigenvalue weighted by Gasteiger charge is -1.96. The van der Waals surface area contributed by atoms with Crippen LogP contribution in [0.5, 0.6) is 0 Å². The van der Waals surface area contributed by atoms with Crippen LogP contribution in [0.3, 0.4) is 0 Å². The lowest BCUT2D eigenvalue weighted by Crippen LogP contribution is -1.77. The molecular formula is C14H26O. The Hall–Kier alpha value is -0.720. The van der Waals surface area contributed by atoms with E-state index in [0.29, 0.717) is 0 Å². The van der Waals surface area contributed by atoms with Gasteiger partial charge < -0.3 is 5.11 Å². The van der Waals surface area contributed by atoms with Crippen molar-refractivity contribution in [3.63, 3.8) is 0 Å². The van der Waals surface area contributed by atoms with E-state index in [9.17, 15) is 0 Å². The quantitative estimate of drug-likeness (QED) is 0.300. The summed E-state index contributed by atoms with van der Waals surface area (Å²) in [5.74, 6) is 0. The summed E-state index contributed by atoms with van der Waals surface area (Å²) < 4.78 is 0. The van der Waals surface area contributed by atoms with Gasteiger partial charge in [-0.05, 0) is 32.1 Å². The predicted molar refractivity (Wildman–Crippen MR) is 68.1 cm³/mol. The van der Waals surface area contributed by atoms with Gasteiger partial charge in [-0.1, -0.05) is 50.8 Å². The van der Waals surface area contributed by atoms with Gasteiger partial charge in [0.25, 0.3) is 0 Å². The van der Waals surface area contributed by atoms with Crippen LogP contribution in [0.4, 0.5) is 0 Å². The highest BCUT2D eigenvalue weighted by Crippen LogP contribution is 2.06. The van der Waals surface area contributed by atoms with Gasteiger partial charge in [0.2, 0.25) is 0 Å². The van der Waals surface area contributed by atoms with Crippen LogP contribution in [0.1, 0.15) is 64.7 Å². The van der Waals surface area contributed by atoms with E-state index in [4.69, 9.17) is 5.11 Å². The first kappa shape index (κ1) is 14.3. The molecule has 0 amide bonds.